The Morgan fingerprint density at radius 3 is 2.88 bits per heavy atom. The van der Waals surface area contributed by atoms with E-state index in [0.717, 1.165) is 30.3 Å². The molecular formula is C18H25N3O3. The summed E-state index contributed by atoms with van der Waals surface area (Å²) in [5, 5.41) is 3.90. The highest BCUT2D eigenvalue weighted by atomic mass is 16.5. The molecule has 2 aromatic heterocycles. The van der Waals surface area contributed by atoms with Crippen molar-refractivity contribution in [1.82, 2.24) is 15.0 Å². The maximum absolute atomic E-state index is 12.3. The van der Waals surface area contributed by atoms with Crippen molar-refractivity contribution in [2.45, 2.75) is 58.4 Å². The Balaban J connectivity index is 1.46. The van der Waals surface area contributed by atoms with Crippen LogP contribution in [0.15, 0.2) is 21.1 Å². The number of rotatable bonds is 8. The summed E-state index contributed by atoms with van der Waals surface area (Å²) in [4.78, 5) is 18.2. The van der Waals surface area contributed by atoms with Crippen molar-refractivity contribution in [3.63, 3.8) is 0 Å². The fourth-order valence-electron chi connectivity index (χ4n) is 2.84. The number of furan rings is 1. The van der Waals surface area contributed by atoms with Crippen LogP contribution in [0, 0.1) is 5.92 Å². The molecule has 0 aliphatic heterocycles. The minimum atomic E-state index is 0.0444. The van der Waals surface area contributed by atoms with Gasteiger partial charge in [-0.2, -0.15) is 4.98 Å². The van der Waals surface area contributed by atoms with Gasteiger partial charge in [0.25, 0.3) is 0 Å². The monoisotopic (exact) mass is 331 g/mol. The Bertz CT molecular complexity index is 691. The first-order chi connectivity index (χ1) is 11.6. The van der Waals surface area contributed by atoms with E-state index >= 15 is 0 Å². The van der Waals surface area contributed by atoms with Crippen LogP contribution in [0.5, 0.6) is 0 Å². The Kier molecular flexibility index (Phi) is 5.02. The fourth-order valence-corrected chi connectivity index (χ4v) is 2.84. The highest BCUT2D eigenvalue weighted by molar-refractivity contribution is 5.75. The number of aromatic nitrogens is 2. The van der Waals surface area contributed by atoms with Gasteiger partial charge in [-0.25, -0.2) is 0 Å². The lowest BCUT2D eigenvalue weighted by atomic mass is 10.2. The number of carbonyl (C=O) groups excluding carboxylic acids is 1. The maximum atomic E-state index is 12.3. The Morgan fingerprint density at radius 1 is 1.38 bits per heavy atom. The number of hydrogen-bond donors (Lipinski definition) is 0. The lowest BCUT2D eigenvalue weighted by Gasteiger charge is -2.15. The third-order valence-electron chi connectivity index (χ3n) is 4.51. The predicted molar refractivity (Wildman–Crippen MR) is 88.3 cm³/mol. The molecule has 0 unspecified atom stereocenters. The van der Waals surface area contributed by atoms with E-state index in [2.05, 4.69) is 24.0 Å². The van der Waals surface area contributed by atoms with Crippen molar-refractivity contribution in [3.8, 4) is 0 Å². The quantitative estimate of drug-likeness (QED) is 0.742. The van der Waals surface area contributed by atoms with Gasteiger partial charge in [0.2, 0.25) is 11.8 Å². The molecule has 1 fully saturated rings. The van der Waals surface area contributed by atoms with Crippen LogP contribution >= 0.6 is 0 Å². The van der Waals surface area contributed by atoms with E-state index in [-0.39, 0.29) is 5.91 Å². The Morgan fingerprint density at radius 2 is 2.17 bits per heavy atom. The summed E-state index contributed by atoms with van der Waals surface area (Å²) in [7, 11) is 1.79. The molecule has 2 heterocycles. The lowest BCUT2D eigenvalue weighted by molar-refractivity contribution is -0.130. The highest BCUT2D eigenvalue weighted by Gasteiger charge is 2.36. The van der Waals surface area contributed by atoms with Crippen LogP contribution in [0.25, 0.3) is 0 Å². The zero-order chi connectivity index (χ0) is 17.1. The van der Waals surface area contributed by atoms with E-state index in [4.69, 9.17) is 8.94 Å². The lowest BCUT2D eigenvalue weighted by Crippen LogP contribution is -2.26. The summed E-state index contributed by atoms with van der Waals surface area (Å²) >= 11 is 0. The largest absolute Gasteiger partial charge is 0.464 e. The first-order valence-corrected chi connectivity index (χ1v) is 8.70. The van der Waals surface area contributed by atoms with Crippen molar-refractivity contribution in [2.75, 3.05) is 7.05 Å². The normalized spacial score (nSPS) is 19.5. The molecule has 3 rings (SSSR count). The molecule has 0 radical (unpaired) electrons. The molecule has 1 amide bonds. The number of hydrogen-bond acceptors (Lipinski definition) is 5. The molecule has 0 aromatic carbocycles. The SMILES string of the molecule is CCCc1noc(CCC(=O)N(C)Cc2ccc([C@@H]3C[C@@H]3C)o2)n1. The number of aryl methyl sites for hydroxylation is 2. The number of carbonyl (C=O) groups is 1. The zero-order valence-electron chi connectivity index (χ0n) is 14.6. The molecule has 1 saturated carbocycles. The van der Waals surface area contributed by atoms with E-state index in [0.29, 0.717) is 37.0 Å². The molecule has 130 valence electrons. The fraction of sp³-hybridized carbons (Fsp3) is 0.611. The third kappa shape index (κ3) is 4.04. The average Bonchev–Trinajstić information content (AvgIpc) is 2.96. The summed E-state index contributed by atoms with van der Waals surface area (Å²) in [5.74, 6) is 4.46. The first kappa shape index (κ1) is 16.7. The molecule has 0 saturated heterocycles. The van der Waals surface area contributed by atoms with Gasteiger partial charge in [0.1, 0.15) is 11.5 Å². The van der Waals surface area contributed by atoms with E-state index in [9.17, 15) is 4.79 Å². The molecule has 0 bridgehead atoms. The molecule has 2 atom stereocenters. The summed E-state index contributed by atoms with van der Waals surface area (Å²) in [6, 6.07) is 4.01. The summed E-state index contributed by atoms with van der Waals surface area (Å²) < 4.78 is 11.0. The second-order valence-corrected chi connectivity index (χ2v) is 6.73. The van der Waals surface area contributed by atoms with E-state index in [1.807, 2.05) is 12.1 Å². The minimum absolute atomic E-state index is 0.0444. The van der Waals surface area contributed by atoms with Gasteiger partial charge in [-0.3, -0.25) is 4.79 Å². The van der Waals surface area contributed by atoms with Crippen molar-refractivity contribution < 1.29 is 13.7 Å². The number of nitrogens with zero attached hydrogens (tertiary/aromatic N) is 3. The van der Waals surface area contributed by atoms with Gasteiger partial charge in [0.15, 0.2) is 5.82 Å². The Labute approximate surface area is 142 Å². The van der Waals surface area contributed by atoms with Crippen LogP contribution in [0.3, 0.4) is 0 Å². The van der Waals surface area contributed by atoms with Crippen LogP contribution in [0.2, 0.25) is 0 Å². The van der Waals surface area contributed by atoms with Gasteiger partial charge < -0.3 is 13.8 Å². The van der Waals surface area contributed by atoms with Gasteiger partial charge in [-0.1, -0.05) is 19.0 Å². The van der Waals surface area contributed by atoms with Gasteiger partial charge in [-0.15, -0.1) is 0 Å². The number of amides is 1. The van der Waals surface area contributed by atoms with Crippen molar-refractivity contribution in [1.29, 1.82) is 0 Å². The van der Waals surface area contributed by atoms with E-state index in [1.54, 1.807) is 11.9 Å². The van der Waals surface area contributed by atoms with E-state index < -0.39 is 0 Å². The molecule has 2 aromatic rings. The van der Waals surface area contributed by atoms with Gasteiger partial charge in [-0.05, 0) is 30.9 Å². The Hall–Kier alpha value is -2.11. The second-order valence-electron chi connectivity index (χ2n) is 6.73. The van der Waals surface area contributed by atoms with Crippen LogP contribution in [-0.2, 0) is 24.2 Å². The molecule has 1 aliphatic rings. The van der Waals surface area contributed by atoms with Crippen molar-refractivity contribution >= 4 is 5.91 Å². The van der Waals surface area contributed by atoms with Gasteiger partial charge in [0, 0.05) is 32.2 Å². The average molecular weight is 331 g/mol. The predicted octanol–water partition coefficient (Wildman–Crippen LogP) is 3.33. The smallest absolute Gasteiger partial charge is 0.227 e. The maximum Gasteiger partial charge on any atom is 0.227 e. The second kappa shape index (κ2) is 7.20. The summed E-state index contributed by atoms with van der Waals surface area (Å²) in [5.41, 5.74) is 0. The van der Waals surface area contributed by atoms with Crippen LogP contribution in [0.4, 0.5) is 0 Å². The topological polar surface area (TPSA) is 72.4 Å². The van der Waals surface area contributed by atoms with Crippen molar-refractivity contribution in [3.05, 3.63) is 35.4 Å². The molecule has 1 aliphatic carbocycles. The minimum Gasteiger partial charge on any atom is -0.464 e. The third-order valence-corrected chi connectivity index (χ3v) is 4.51. The van der Waals surface area contributed by atoms with Crippen LogP contribution < -0.4 is 0 Å². The molecule has 0 N–H and O–H groups in total. The molecule has 6 nitrogen and oxygen atoms in total. The van der Waals surface area contributed by atoms with Crippen LogP contribution in [0.1, 0.15) is 62.3 Å². The van der Waals surface area contributed by atoms with E-state index in [1.165, 1.54) is 6.42 Å². The first-order valence-electron chi connectivity index (χ1n) is 8.70. The van der Waals surface area contributed by atoms with Gasteiger partial charge in [0.05, 0.1) is 6.54 Å². The summed E-state index contributed by atoms with van der Waals surface area (Å²) in [6.45, 7) is 4.79. The molecule has 24 heavy (non-hydrogen) atoms. The highest BCUT2D eigenvalue weighted by Crippen LogP contribution is 2.47. The molecule has 6 heteroatoms. The van der Waals surface area contributed by atoms with Crippen LogP contribution in [-0.4, -0.2) is 28.0 Å². The molecule has 0 spiro atoms. The zero-order valence-corrected chi connectivity index (χ0v) is 14.6. The van der Waals surface area contributed by atoms with Crippen molar-refractivity contribution in [2.24, 2.45) is 5.92 Å². The summed E-state index contributed by atoms with van der Waals surface area (Å²) in [6.07, 6.45) is 3.81. The molecular weight excluding hydrogens is 306 g/mol. The standard InChI is InChI=1S/C18H25N3O3/c1-4-5-16-19-17(24-20-16)8-9-18(22)21(3)11-13-6-7-15(23-13)14-10-12(14)2/h6-7,12,14H,4-5,8-11H2,1-3H3/t12-,14+/m0/s1. The van der Waals surface area contributed by atoms with Gasteiger partial charge >= 0.3 is 0 Å².